The van der Waals surface area contributed by atoms with Crippen molar-refractivity contribution in [3.8, 4) is 0 Å². The maximum atomic E-state index is 14.0. The fourth-order valence-corrected chi connectivity index (χ4v) is 6.75. The van der Waals surface area contributed by atoms with Gasteiger partial charge in [-0.3, -0.25) is 19.4 Å². The molecule has 2 unspecified atom stereocenters. The van der Waals surface area contributed by atoms with Crippen LogP contribution in [0.15, 0.2) is 125 Å². The number of allylic oxidation sites excluding steroid dienone is 3. The number of nitrogens with one attached hydrogen (secondary N) is 4. The predicted octanol–water partition coefficient (Wildman–Crippen LogP) is 5.13. The molecular formula is C46H63N9O5. The zero-order valence-corrected chi connectivity index (χ0v) is 35.6. The smallest absolute Gasteiger partial charge is 0.408 e. The number of hydrogen-bond acceptors (Lipinski definition) is 8. The van der Waals surface area contributed by atoms with Gasteiger partial charge in [0.1, 0.15) is 17.7 Å². The molecule has 3 atom stereocenters. The van der Waals surface area contributed by atoms with E-state index in [4.69, 9.17) is 16.2 Å². The zero-order valence-electron chi connectivity index (χ0n) is 35.6. The summed E-state index contributed by atoms with van der Waals surface area (Å²) >= 11 is 0. The normalized spacial score (nSPS) is 16.2. The molecule has 0 spiro atoms. The van der Waals surface area contributed by atoms with E-state index in [2.05, 4.69) is 43.6 Å². The van der Waals surface area contributed by atoms with Gasteiger partial charge in [-0.15, -0.1) is 0 Å². The quantitative estimate of drug-likeness (QED) is 0.0524. The van der Waals surface area contributed by atoms with Gasteiger partial charge in [0.15, 0.2) is 5.96 Å². The van der Waals surface area contributed by atoms with Gasteiger partial charge in [-0.2, -0.15) is 5.10 Å². The summed E-state index contributed by atoms with van der Waals surface area (Å²) < 4.78 is 5.45. The molecule has 1 fully saturated rings. The number of rotatable bonds is 15. The molecule has 0 aromatic heterocycles. The summed E-state index contributed by atoms with van der Waals surface area (Å²) in [6.45, 7) is 8.75. The molecular weight excluding hydrogens is 759 g/mol. The number of carbonyl (C=O) groups is 4. The molecule has 8 N–H and O–H groups in total. The van der Waals surface area contributed by atoms with Crippen LogP contribution in [0.5, 0.6) is 0 Å². The highest BCUT2D eigenvalue weighted by Crippen LogP contribution is 2.35. The Kier molecular flexibility index (Phi) is 20.6. The molecule has 14 heteroatoms. The second-order valence-electron chi connectivity index (χ2n) is 15.1. The standard InChI is InChI=1S/C28H39N5O4.C14H13NO.C4H11N3/c1-28(2,3)37-27(36)32-23(19-20-11-7-5-8-12-20)26(35)33-18-15-22(21-13-9-6-10-14-21)24(33)25(34)30-16-17-31-29-4;16-11-15-14(12-7-3-1-4-8-12)13-9-5-2-6-10-13;1-2-3-7-4(5)6/h5-9,11-13,17,22-24,29H,10,14-16,18-19H2,1-4H3,(H,30,34)(H,32,36);1-11,14H,(H,15,16);2-3H2,1H3,(H4,5,6,7)/b31-17+;;/t22?,23-,24?;;/m1../s1. The SMILES string of the molecule is CCCN=C(N)N.CN/N=C/CNC(=O)C1C(C2=CC=CCC2)CCN1C(=O)[C@@H](Cc1ccccc1)NC(=O)OC(C)(C)C.O=CNC(c1ccccc1)c1ccccc1. The number of hydrogen-bond donors (Lipinski definition) is 6. The minimum atomic E-state index is -0.877. The number of nitrogens with zero attached hydrogens (tertiary/aromatic N) is 3. The van der Waals surface area contributed by atoms with Gasteiger partial charge in [-0.05, 0) is 63.1 Å². The molecule has 1 heterocycles. The number of likely N-dealkylation sites (tertiary alicyclic amines) is 1. The van der Waals surface area contributed by atoms with E-state index in [0.29, 0.717) is 13.0 Å². The van der Waals surface area contributed by atoms with Crippen LogP contribution in [0.1, 0.15) is 76.1 Å². The Hall–Kier alpha value is -6.44. The Balaban J connectivity index is 0.000000340. The van der Waals surface area contributed by atoms with Gasteiger partial charge >= 0.3 is 6.09 Å². The van der Waals surface area contributed by atoms with E-state index >= 15 is 0 Å². The van der Waals surface area contributed by atoms with Crippen LogP contribution in [0.4, 0.5) is 4.79 Å². The van der Waals surface area contributed by atoms with E-state index in [1.807, 2.05) is 104 Å². The van der Waals surface area contributed by atoms with Crippen molar-refractivity contribution in [1.29, 1.82) is 0 Å². The Morgan fingerprint density at radius 1 is 0.950 bits per heavy atom. The Bertz CT molecular complexity index is 1840. The first-order valence-electron chi connectivity index (χ1n) is 20.4. The first-order valence-corrected chi connectivity index (χ1v) is 20.4. The van der Waals surface area contributed by atoms with Gasteiger partial charge in [-0.25, -0.2) is 4.79 Å². The van der Waals surface area contributed by atoms with Crippen LogP contribution in [-0.4, -0.2) is 85.8 Å². The van der Waals surface area contributed by atoms with E-state index in [9.17, 15) is 19.2 Å². The number of alkyl carbamates (subject to hydrolysis) is 1. The summed E-state index contributed by atoms with van der Waals surface area (Å²) in [6.07, 6.45) is 11.6. The van der Waals surface area contributed by atoms with Crippen LogP contribution in [0.2, 0.25) is 0 Å². The molecule has 14 nitrogen and oxygen atoms in total. The highest BCUT2D eigenvalue weighted by molar-refractivity contribution is 5.93. The molecule has 2 aliphatic rings. The molecule has 0 bridgehead atoms. The fraction of sp³-hybridized carbons (Fsp3) is 0.391. The number of guanidine groups is 1. The summed E-state index contributed by atoms with van der Waals surface area (Å²) in [6, 6.07) is 27.7. The molecule has 1 aliphatic carbocycles. The van der Waals surface area contributed by atoms with Gasteiger partial charge in [0.2, 0.25) is 18.2 Å². The third-order valence-electron chi connectivity index (χ3n) is 9.35. The van der Waals surface area contributed by atoms with Crippen LogP contribution in [0, 0.1) is 5.92 Å². The van der Waals surface area contributed by atoms with Crippen molar-refractivity contribution in [2.24, 2.45) is 27.5 Å². The van der Waals surface area contributed by atoms with Crippen LogP contribution in [0.3, 0.4) is 0 Å². The number of benzene rings is 3. The number of amides is 4. The molecule has 1 saturated heterocycles. The number of carbonyl (C=O) groups excluding carboxylic acids is 4. The Labute approximate surface area is 355 Å². The third-order valence-corrected chi connectivity index (χ3v) is 9.35. The second-order valence-corrected chi connectivity index (χ2v) is 15.1. The molecule has 0 saturated carbocycles. The number of aliphatic imine (C=N–C) groups is 1. The van der Waals surface area contributed by atoms with E-state index in [1.54, 1.807) is 38.9 Å². The monoisotopic (exact) mass is 821 g/mol. The highest BCUT2D eigenvalue weighted by Gasteiger charge is 2.45. The maximum absolute atomic E-state index is 14.0. The number of ether oxygens (including phenoxy) is 1. The van der Waals surface area contributed by atoms with Crippen molar-refractivity contribution in [2.75, 3.05) is 26.7 Å². The summed E-state index contributed by atoms with van der Waals surface area (Å²) in [5.74, 6) is -0.436. The molecule has 4 amide bonds. The fourth-order valence-electron chi connectivity index (χ4n) is 6.75. The minimum Gasteiger partial charge on any atom is -0.444 e. The average molecular weight is 822 g/mol. The minimum absolute atomic E-state index is 0.0695. The van der Waals surface area contributed by atoms with Crippen LogP contribution >= 0.6 is 0 Å². The third kappa shape index (κ3) is 16.8. The summed E-state index contributed by atoms with van der Waals surface area (Å²) in [4.78, 5) is 56.1. The highest BCUT2D eigenvalue weighted by atomic mass is 16.6. The molecule has 0 radical (unpaired) electrons. The van der Waals surface area contributed by atoms with Crippen molar-refractivity contribution in [3.63, 3.8) is 0 Å². The first kappa shape index (κ1) is 47.9. The van der Waals surface area contributed by atoms with Gasteiger partial charge in [-0.1, -0.05) is 122 Å². The van der Waals surface area contributed by atoms with Crippen molar-refractivity contribution >= 4 is 36.5 Å². The molecule has 3 aromatic carbocycles. The lowest BCUT2D eigenvalue weighted by atomic mass is 9.86. The van der Waals surface area contributed by atoms with E-state index in [-0.39, 0.29) is 42.7 Å². The Morgan fingerprint density at radius 3 is 2.07 bits per heavy atom. The van der Waals surface area contributed by atoms with Crippen molar-refractivity contribution in [1.82, 2.24) is 26.3 Å². The molecule has 322 valence electrons. The van der Waals surface area contributed by atoms with Gasteiger partial charge < -0.3 is 42.5 Å². The largest absolute Gasteiger partial charge is 0.444 e. The van der Waals surface area contributed by atoms with E-state index < -0.39 is 23.8 Å². The predicted molar refractivity (Wildman–Crippen MR) is 239 cm³/mol. The lowest BCUT2D eigenvalue weighted by Crippen LogP contribution is -2.56. The van der Waals surface area contributed by atoms with Crippen molar-refractivity contribution < 1.29 is 23.9 Å². The Morgan fingerprint density at radius 2 is 1.57 bits per heavy atom. The summed E-state index contributed by atoms with van der Waals surface area (Å²) in [5.41, 5.74) is 16.2. The second kappa shape index (κ2) is 25.8. The lowest BCUT2D eigenvalue weighted by molar-refractivity contribution is -0.140. The van der Waals surface area contributed by atoms with E-state index in [0.717, 1.165) is 48.9 Å². The van der Waals surface area contributed by atoms with Gasteiger partial charge in [0.05, 0.1) is 12.6 Å². The number of nitrogens with two attached hydrogens (primary N) is 2. The molecule has 5 rings (SSSR count). The van der Waals surface area contributed by atoms with Crippen LogP contribution in [-0.2, 0) is 25.5 Å². The van der Waals surface area contributed by atoms with Crippen LogP contribution in [0.25, 0.3) is 0 Å². The van der Waals surface area contributed by atoms with Gasteiger partial charge in [0.25, 0.3) is 0 Å². The van der Waals surface area contributed by atoms with Crippen LogP contribution < -0.4 is 32.8 Å². The lowest BCUT2D eigenvalue weighted by Gasteiger charge is -2.32. The zero-order chi connectivity index (χ0) is 43.8. The van der Waals surface area contributed by atoms with Crippen molar-refractivity contribution in [3.05, 3.63) is 131 Å². The molecule has 3 aromatic rings. The average Bonchev–Trinajstić information content (AvgIpc) is 3.70. The van der Waals surface area contributed by atoms with Gasteiger partial charge in [0, 0.05) is 38.7 Å². The van der Waals surface area contributed by atoms with Crippen molar-refractivity contribution in [2.45, 2.75) is 83.5 Å². The summed E-state index contributed by atoms with van der Waals surface area (Å²) in [7, 11) is 1.68. The maximum Gasteiger partial charge on any atom is 0.408 e. The molecule has 1 aliphatic heterocycles. The number of hydrazone groups is 1. The first-order chi connectivity index (χ1) is 28.9. The molecule has 60 heavy (non-hydrogen) atoms. The van der Waals surface area contributed by atoms with E-state index in [1.165, 1.54) is 5.57 Å². The summed E-state index contributed by atoms with van der Waals surface area (Å²) in [5, 5.41) is 12.4. The topological polar surface area (TPSA) is 206 Å².